The Hall–Kier alpha value is -2.75. The van der Waals surface area contributed by atoms with E-state index in [2.05, 4.69) is 36.9 Å². The van der Waals surface area contributed by atoms with E-state index in [1.807, 2.05) is 29.2 Å². The summed E-state index contributed by atoms with van der Waals surface area (Å²) < 4.78 is 0.780. The molecule has 0 saturated heterocycles. The van der Waals surface area contributed by atoms with Crippen LogP contribution in [0.5, 0.6) is 0 Å². The highest BCUT2D eigenvalue weighted by Crippen LogP contribution is 2.36. The number of fused-ring (bicyclic) bond motifs is 2. The van der Waals surface area contributed by atoms with E-state index in [0.29, 0.717) is 24.6 Å². The molecule has 1 aromatic carbocycles. The average Bonchev–Trinajstić information content (AvgIpc) is 3.30. The summed E-state index contributed by atoms with van der Waals surface area (Å²) >= 11 is 3.40. The number of aliphatic hydroxyl groups excluding tert-OH is 2. The summed E-state index contributed by atoms with van der Waals surface area (Å²) in [6, 6.07) is 7.71. The largest absolute Gasteiger partial charge is 0.388 e. The molecule has 0 amide bonds. The van der Waals surface area contributed by atoms with Gasteiger partial charge in [-0.05, 0) is 58.5 Å². The van der Waals surface area contributed by atoms with Gasteiger partial charge in [0.25, 0.3) is 0 Å². The number of rotatable bonds is 4. The topological polar surface area (TPSA) is 134 Å². The second-order valence-electron chi connectivity index (χ2n) is 8.05. The molecule has 2 aromatic heterocycles. The summed E-state index contributed by atoms with van der Waals surface area (Å²) in [5.74, 6) is 1.67. The molecule has 5 rings (SSSR count). The van der Waals surface area contributed by atoms with Gasteiger partial charge in [0, 0.05) is 17.5 Å². The number of hydrogen-bond acceptors (Lipinski definition) is 8. The van der Waals surface area contributed by atoms with Crippen molar-refractivity contribution in [3.8, 4) is 0 Å². The van der Waals surface area contributed by atoms with Crippen molar-refractivity contribution < 1.29 is 10.2 Å². The minimum absolute atomic E-state index is 0.337. The third-order valence-corrected chi connectivity index (χ3v) is 6.83. The van der Waals surface area contributed by atoms with Crippen LogP contribution in [0.25, 0.3) is 10.9 Å². The third kappa shape index (κ3) is 3.52. The van der Waals surface area contributed by atoms with E-state index in [9.17, 15) is 10.2 Å². The normalized spacial score (nSPS) is 22.7. The molecule has 6 N–H and O–H groups in total. The molecule has 0 spiro atoms. The Bertz CT molecular complexity index is 1200. The second-order valence-corrected chi connectivity index (χ2v) is 8.91. The molecule has 0 saturated carbocycles. The quantitative estimate of drug-likeness (QED) is 0.414. The summed E-state index contributed by atoms with van der Waals surface area (Å²) in [4.78, 5) is 14.9. The molecule has 0 radical (unpaired) electrons. The van der Waals surface area contributed by atoms with Gasteiger partial charge in [-0.1, -0.05) is 18.2 Å². The fourth-order valence-electron chi connectivity index (χ4n) is 4.51. The van der Waals surface area contributed by atoms with Crippen molar-refractivity contribution in [1.29, 1.82) is 0 Å². The van der Waals surface area contributed by atoms with Gasteiger partial charge >= 0.3 is 0 Å². The minimum atomic E-state index is -0.910. The van der Waals surface area contributed by atoms with Crippen molar-refractivity contribution >= 4 is 44.3 Å². The number of nitrogens with two attached hydrogens (primary N) is 2. The van der Waals surface area contributed by atoms with Crippen molar-refractivity contribution in [3.63, 3.8) is 0 Å². The van der Waals surface area contributed by atoms with Crippen LogP contribution in [0.4, 0.5) is 17.5 Å². The zero-order chi connectivity index (χ0) is 21.7. The molecule has 0 bridgehead atoms. The Morgan fingerprint density at radius 3 is 2.77 bits per heavy atom. The molecule has 1 aliphatic heterocycles. The molecular weight excluding hydrogens is 460 g/mol. The molecule has 8 nitrogen and oxygen atoms in total. The molecule has 2 aliphatic rings. The summed E-state index contributed by atoms with van der Waals surface area (Å²) in [7, 11) is 0. The van der Waals surface area contributed by atoms with Crippen molar-refractivity contribution in [1.82, 2.24) is 15.0 Å². The number of benzene rings is 1. The van der Waals surface area contributed by atoms with Crippen LogP contribution in [0.1, 0.15) is 17.5 Å². The van der Waals surface area contributed by atoms with Crippen LogP contribution in [0.3, 0.4) is 0 Å². The SMILES string of the molecule is Nc1nc2cc(CCC3=CC(N4CCc5c(N)ncnc54)C(O)C3O)ccc2cc1Br. The fraction of sp³-hybridized carbons (Fsp3) is 0.318. The number of pyridine rings is 1. The molecule has 3 atom stereocenters. The Balaban J connectivity index is 1.35. The predicted molar refractivity (Wildman–Crippen MR) is 124 cm³/mol. The van der Waals surface area contributed by atoms with E-state index < -0.39 is 12.2 Å². The lowest BCUT2D eigenvalue weighted by molar-refractivity contribution is 0.0436. The lowest BCUT2D eigenvalue weighted by Crippen LogP contribution is -2.43. The van der Waals surface area contributed by atoms with E-state index in [1.54, 1.807) is 0 Å². The van der Waals surface area contributed by atoms with Crippen LogP contribution < -0.4 is 16.4 Å². The zero-order valence-electron chi connectivity index (χ0n) is 16.7. The second kappa shape index (κ2) is 7.74. The summed E-state index contributed by atoms with van der Waals surface area (Å²) in [5, 5.41) is 22.4. The van der Waals surface area contributed by atoms with Gasteiger partial charge < -0.3 is 26.6 Å². The van der Waals surface area contributed by atoms with Crippen LogP contribution in [-0.4, -0.2) is 50.0 Å². The van der Waals surface area contributed by atoms with Gasteiger partial charge in [0.2, 0.25) is 0 Å². The fourth-order valence-corrected chi connectivity index (χ4v) is 4.84. The standard InChI is InChI=1S/C22H23BrN6O2/c23-15-8-12-3-1-11(7-16(12)28-21(15)25)2-4-13-9-17(19(31)18(13)30)29-6-5-14-20(24)26-10-27-22(14)29/h1,3,7-10,17-19,30-31H,2,4-6H2,(H2,25,28)(H2,24,26,27). The molecule has 9 heteroatoms. The average molecular weight is 483 g/mol. The Labute approximate surface area is 187 Å². The van der Waals surface area contributed by atoms with E-state index >= 15 is 0 Å². The third-order valence-electron chi connectivity index (χ3n) is 6.19. The highest BCUT2D eigenvalue weighted by Gasteiger charge is 2.40. The van der Waals surface area contributed by atoms with Crippen molar-refractivity contribution in [2.75, 3.05) is 22.9 Å². The molecule has 1 aliphatic carbocycles. The molecule has 0 fully saturated rings. The maximum atomic E-state index is 10.7. The number of halogens is 1. The molecular formula is C22H23BrN6O2. The molecule has 3 heterocycles. The first-order valence-corrected chi connectivity index (χ1v) is 11.0. The predicted octanol–water partition coefficient (Wildman–Crippen LogP) is 1.98. The molecule has 3 unspecified atom stereocenters. The zero-order valence-corrected chi connectivity index (χ0v) is 18.3. The van der Waals surface area contributed by atoms with E-state index in [1.165, 1.54) is 6.33 Å². The van der Waals surface area contributed by atoms with Gasteiger partial charge in [0.15, 0.2) is 0 Å². The maximum absolute atomic E-state index is 10.7. The number of aliphatic hydroxyl groups is 2. The Morgan fingerprint density at radius 2 is 1.94 bits per heavy atom. The highest BCUT2D eigenvalue weighted by molar-refractivity contribution is 9.10. The Kier molecular flexibility index (Phi) is 5.04. The number of nitrogen functional groups attached to an aromatic ring is 2. The summed E-state index contributed by atoms with van der Waals surface area (Å²) in [6.07, 6.45) is 3.69. The first kappa shape index (κ1) is 20.2. The van der Waals surface area contributed by atoms with Gasteiger partial charge in [0.05, 0.1) is 16.0 Å². The van der Waals surface area contributed by atoms with E-state index in [-0.39, 0.29) is 6.04 Å². The number of nitrogens with zero attached hydrogens (tertiary/aromatic N) is 4. The summed E-state index contributed by atoms with van der Waals surface area (Å²) in [5.41, 5.74) is 15.5. The van der Waals surface area contributed by atoms with Crippen LogP contribution in [0.15, 0.2) is 46.7 Å². The lowest BCUT2D eigenvalue weighted by Gasteiger charge is -2.28. The van der Waals surface area contributed by atoms with Crippen LogP contribution in [-0.2, 0) is 12.8 Å². The van der Waals surface area contributed by atoms with Crippen molar-refractivity contribution in [2.24, 2.45) is 0 Å². The van der Waals surface area contributed by atoms with Crippen LogP contribution >= 0.6 is 15.9 Å². The molecule has 31 heavy (non-hydrogen) atoms. The maximum Gasteiger partial charge on any atom is 0.138 e. The first-order chi connectivity index (χ1) is 14.9. The molecule has 160 valence electrons. The Morgan fingerprint density at radius 1 is 1.10 bits per heavy atom. The van der Waals surface area contributed by atoms with Crippen molar-refractivity contribution in [3.05, 3.63) is 57.8 Å². The van der Waals surface area contributed by atoms with Gasteiger partial charge in [0.1, 0.15) is 36.0 Å². The van der Waals surface area contributed by atoms with Gasteiger partial charge in [-0.2, -0.15) is 0 Å². The van der Waals surface area contributed by atoms with Crippen LogP contribution in [0.2, 0.25) is 0 Å². The highest BCUT2D eigenvalue weighted by atomic mass is 79.9. The van der Waals surface area contributed by atoms with E-state index in [4.69, 9.17) is 11.5 Å². The van der Waals surface area contributed by atoms with Crippen LogP contribution in [0, 0.1) is 0 Å². The number of aromatic nitrogens is 3. The van der Waals surface area contributed by atoms with Gasteiger partial charge in [-0.25, -0.2) is 15.0 Å². The summed E-state index contributed by atoms with van der Waals surface area (Å²) in [6.45, 7) is 0.684. The number of anilines is 3. The minimum Gasteiger partial charge on any atom is -0.388 e. The lowest BCUT2D eigenvalue weighted by atomic mass is 10.0. The van der Waals surface area contributed by atoms with E-state index in [0.717, 1.165) is 50.7 Å². The smallest absolute Gasteiger partial charge is 0.138 e. The molecule has 3 aromatic rings. The van der Waals surface area contributed by atoms with Gasteiger partial charge in [-0.3, -0.25) is 0 Å². The number of hydrogen-bond donors (Lipinski definition) is 4. The van der Waals surface area contributed by atoms with Crippen molar-refractivity contribution in [2.45, 2.75) is 37.5 Å². The monoisotopic (exact) mass is 482 g/mol. The first-order valence-electron chi connectivity index (χ1n) is 10.2. The van der Waals surface area contributed by atoms with Gasteiger partial charge in [-0.15, -0.1) is 0 Å². The number of aryl methyl sites for hydroxylation is 1.